The second-order valence-electron chi connectivity index (χ2n) is 8.37. The molecule has 4 heterocycles. The molecule has 2 atom stereocenters. The molecule has 5 rings (SSSR count). The third kappa shape index (κ3) is 3.54. The van der Waals surface area contributed by atoms with Gasteiger partial charge in [0.05, 0.1) is 22.9 Å². The van der Waals surface area contributed by atoms with Gasteiger partial charge in [-0.2, -0.15) is 5.10 Å². The van der Waals surface area contributed by atoms with E-state index in [0.29, 0.717) is 51.2 Å². The fraction of sp³-hybridized carbons (Fsp3) is 0.455. The first kappa shape index (κ1) is 19.6. The molecule has 2 fully saturated rings. The molecule has 0 spiro atoms. The largest absolute Gasteiger partial charge is 0.481 e. The molecule has 0 bridgehead atoms. The number of carboxylic acid groups (broad SMARTS) is 1. The van der Waals surface area contributed by atoms with Crippen LogP contribution >= 0.6 is 0 Å². The summed E-state index contributed by atoms with van der Waals surface area (Å²) in [4.78, 5) is 45.3. The number of fused-ring (bicyclic) bond motifs is 2. The Labute approximate surface area is 178 Å². The zero-order valence-electron chi connectivity index (χ0n) is 17.0. The smallest absolute Gasteiger partial charge is 0.306 e. The van der Waals surface area contributed by atoms with Gasteiger partial charge in [0.25, 0.3) is 11.8 Å². The maximum atomic E-state index is 13.1. The number of hydrogen-bond acceptors (Lipinski definition) is 6. The number of hydrogen-bond donors (Lipinski definition) is 1. The third-order valence-electron chi connectivity index (χ3n) is 6.53. The molecule has 1 aromatic rings. The molecule has 9 heteroatoms. The number of likely N-dealkylation sites (tertiary alicyclic amines) is 2. The van der Waals surface area contributed by atoms with E-state index in [1.807, 2.05) is 30.3 Å². The highest BCUT2D eigenvalue weighted by Crippen LogP contribution is 2.25. The molecule has 2 unspecified atom stereocenters. The normalized spacial score (nSPS) is 25.0. The predicted octanol–water partition coefficient (Wildman–Crippen LogP) is -0.549. The van der Waals surface area contributed by atoms with Crippen LogP contribution in [0.2, 0.25) is 0 Å². The Morgan fingerprint density at radius 1 is 1.00 bits per heavy atom. The molecule has 0 radical (unpaired) electrons. The number of carbonyl (C=O) groups is 3. The van der Waals surface area contributed by atoms with Crippen LogP contribution in [-0.2, 0) is 14.4 Å². The monoisotopic (exact) mass is 421 g/mol. The van der Waals surface area contributed by atoms with Gasteiger partial charge in [-0.1, -0.05) is 18.2 Å². The van der Waals surface area contributed by atoms with Crippen LogP contribution in [0.4, 0.5) is 0 Å². The quantitative estimate of drug-likeness (QED) is 0.705. The van der Waals surface area contributed by atoms with E-state index in [-0.39, 0.29) is 17.7 Å². The Hall–Kier alpha value is -3.36. The number of piperidine rings is 2. The van der Waals surface area contributed by atoms with Crippen molar-refractivity contribution in [3.8, 4) is 0 Å². The van der Waals surface area contributed by atoms with Gasteiger partial charge in [0, 0.05) is 32.6 Å². The highest BCUT2D eigenvalue weighted by Gasteiger charge is 2.41. The molecule has 4 aliphatic heterocycles. The number of amides is 2. The van der Waals surface area contributed by atoms with Crippen molar-refractivity contribution in [2.45, 2.75) is 25.3 Å². The summed E-state index contributed by atoms with van der Waals surface area (Å²) < 4.78 is 0. The number of carboxylic acids is 1. The molecule has 160 valence electrons. The number of carbonyl (C=O) groups excluding carboxylic acids is 2. The van der Waals surface area contributed by atoms with Gasteiger partial charge in [-0.15, -0.1) is 5.10 Å². The molecule has 1 aromatic carbocycles. The highest BCUT2D eigenvalue weighted by atomic mass is 16.4. The van der Waals surface area contributed by atoms with E-state index in [1.54, 1.807) is 9.80 Å². The number of benzene rings is 1. The second kappa shape index (κ2) is 7.72. The third-order valence-corrected chi connectivity index (χ3v) is 6.53. The number of aliphatic carboxylic acids is 1. The summed E-state index contributed by atoms with van der Waals surface area (Å²) in [6, 6.07) is 7.13. The summed E-state index contributed by atoms with van der Waals surface area (Å²) in [5, 5.41) is 19.3. The molecule has 0 aromatic heterocycles. The molecule has 0 aliphatic carbocycles. The lowest BCUT2D eigenvalue weighted by atomic mass is 9.89. The van der Waals surface area contributed by atoms with Gasteiger partial charge in [-0.3, -0.25) is 19.4 Å². The standard InChI is InChI=1S/C22H23N5O4/c28-20(18-11-14-3-1-2-4-16(14)23-18)27-10-7-17-15(12-27)19(25-24-17)21(29)26-8-5-13(6-9-26)22(30)31/h1-4,11,13,15,18H,5-10,12H2,(H,30,31). The Kier molecular flexibility index (Phi) is 4.88. The minimum absolute atomic E-state index is 0.0729. The van der Waals surface area contributed by atoms with E-state index < -0.39 is 17.9 Å². The average Bonchev–Trinajstić information content (AvgIpc) is 3.42. The van der Waals surface area contributed by atoms with E-state index in [9.17, 15) is 14.4 Å². The van der Waals surface area contributed by atoms with Crippen LogP contribution in [0.3, 0.4) is 0 Å². The molecule has 2 saturated heterocycles. The molecule has 31 heavy (non-hydrogen) atoms. The minimum Gasteiger partial charge on any atom is -0.481 e. The zero-order chi connectivity index (χ0) is 21.5. The van der Waals surface area contributed by atoms with Crippen LogP contribution in [0.15, 0.2) is 39.5 Å². The van der Waals surface area contributed by atoms with Crippen LogP contribution in [0.5, 0.6) is 0 Å². The van der Waals surface area contributed by atoms with Crippen molar-refractivity contribution in [1.82, 2.24) is 9.80 Å². The summed E-state index contributed by atoms with van der Waals surface area (Å²) in [5.41, 5.74) is 1.19. The van der Waals surface area contributed by atoms with E-state index >= 15 is 0 Å². The topological polar surface area (TPSA) is 115 Å². The Morgan fingerprint density at radius 2 is 1.77 bits per heavy atom. The molecule has 4 aliphatic rings. The summed E-state index contributed by atoms with van der Waals surface area (Å²) in [6.45, 7) is 1.69. The Balaban J connectivity index is 1.26. The van der Waals surface area contributed by atoms with Crippen molar-refractivity contribution in [3.63, 3.8) is 0 Å². The van der Waals surface area contributed by atoms with Gasteiger partial charge in [-0.05, 0) is 30.2 Å². The average molecular weight is 421 g/mol. The highest BCUT2D eigenvalue weighted by molar-refractivity contribution is 6.44. The van der Waals surface area contributed by atoms with Gasteiger partial charge in [0.2, 0.25) is 0 Å². The van der Waals surface area contributed by atoms with E-state index in [0.717, 1.165) is 16.3 Å². The first-order valence-electron chi connectivity index (χ1n) is 10.6. The number of rotatable bonds is 3. The van der Waals surface area contributed by atoms with Crippen LogP contribution in [0.1, 0.15) is 19.3 Å². The Bertz CT molecular complexity index is 1100. The van der Waals surface area contributed by atoms with E-state index in [1.165, 1.54) is 0 Å². The lowest BCUT2D eigenvalue weighted by Gasteiger charge is -2.34. The fourth-order valence-electron chi connectivity index (χ4n) is 4.69. The van der Waals surface area contributed by atoms with Gasteiger partial charge < -0.3 is 14.9 Å². The lowest BCUT2D eigenvalue weighted by molar-refractivity contribution is -0.144. The molecular weight excluding hydrogens is 398 g/mol. The summed E-state index contributed by atoms with van der Waals surface area (Å²) in [5.74, 6) is -1.79. The summed E-state index contributed by atoms with van der Waals surface area (Å²) in [6.07, 6.45) is 3.34. The van der Waals surface area contributed by atoms with Crippen molar-refractivity contribution in [3.05, 3.63) is 34.8 Å². The molecule has 2 amide bonds. The zero-order valence-corrected chi connectivity index (χ0v) is 17.0. The number of para-hydroxylation sites is 1. The van der Waals surface area contributed by atoms with Crippen molar-refractivity contribution in [2.75, 3.05) is 26.2 Å². The fourth-order valence-corrected chi connectivity index (χ4v) is 4.69. The minimum atomic E-state index is -0.811. The maximum Gasteiger partial charge on any atom is 0.306 e. The van der Waals surface area contributed by atoms with Crippen molar-refractivity contribution in [1.29, 1.82) is 0 Å². The van der Waals surface area contributed by atoms with Crippen LogP contribution < -0.4 is 10.6 Å². The van der Waals surface area contributed by atoms with E-state index in [4.69, 9.17) is 5.11 Å². The Morgan fingerprint density at radius 3 is 2.52 bits per heavy atom. The van der Waals surface area contributed by atoms with Crippen LogP contribution in [0.25, 0.3) is 6.08 Å². The van der Waals surface area contributed by atoms with Gasteiger partial charge in [-0.25, -0.2) is 0 Å². The number of nitrogens with zero attached hydrogens (tertiary/aromatic N) is 5. The molecule has 9 nitrogen and oxygen atoms in total. The van der Waals surface area contributed by atoms with Crippen molar-refractivity contribution in [2.24, 2.45) is 27.0 Å². The summed E-state index contributed by atoms with van der Waals surface area (Å²) >= 11 is 0. The first-order chi connectivity index (χ1) is 15.0. The van der Waals surface area contributed by atoms with Crippen molar-refractivity contribution < 1.29 is 19.5 Å². The van der Waals surface area contributed by atoms with Crippen molar-refractivity contribution >= 4 is 35.3 Å². The van der Waals surface area contributed by atoms with E-state index in [2.05, 4.69) is 15.2 Å². The molecule has 1 N–H and O–H groups in total. The predicted molar refractivity (Wildman–Crippen MR) is 112 cm³/mol. The first-order valence-corrected chi connectivity index (χ1v) is 10.6. The maximum absolute atomic E-state index is 13.1. The lowest BCUT2D eigenvalue weighted by Crippen LogP contribution is -2.52. The van der Waals surface area contributed by atoms with Crippen LogP contribution in [-0.4, -0.2) is 76.3 Å². The SMILES string of the molecule is O=C(O)C1CCN(C(=O)C2=NN=C3CCN(C(=O)C4C=c5ccccc5=N4)CC32)CC1. The van der Waals surface area contributed by atoms with Gasteiger partial charge in [0.15, 0.2) is 0 Å². The van der Waals surface area contributed by atoms with Gasteiger partial charge in [0.1, 0.15) is 11.8 Å². The van der Waals surface area contributed by atoms with Crippen LogP contribution in [0, 0.1) is 11.8 Å². The van der Waals surface area contributed by atoms with Gasteiger partial charge >= 0.3 is 5.97 Å². The molecular formula is C22H23N5O4. The molecule has 0 saturated carbocycles. The second-order valence-corrected chi connectivity index (χ2v) is 8.37. The summed E-state index contributed by atoms with van der Waals surface area (Å²) in [7, 11) is 0.